The topological polar surface area (TPSA) is 51.6 Å². The summed E-state index contributed by atoms with van der Waals surface area (Å²) in [4.78, 5) is 17.1. The van der Waals surface area contributed by atoms with Crippen LogP contribution in [0.15, 0.2) is 12.4 Å². The van der Waals surface area contributed by atoms with E-state index in [0.29, 0.717) is 22.1 Å². The molecule has 2 heterocycles. The Balaban J connectivity index is 0.000000141. The van der Waals surface area contributed by atoms with Crippen LogP contribution in [-0.2, 0) is 12.8 Å². The van der Waals surface area contributed by atoms with Gasteiger partial charge in [-0.3, -0.25) is 9.97 Å². The lowest BCUT2D eigenvalue weighted by atomic mass is 10.3. The molecule has 0 unspecified atom stereocenters. The molecule has 0 amide bonds. The molecule has 2 saturated carbocycles. The van der Waals surface area contributed by atoms with E-state index < -0.39 is 0 Å². The predicted molar refractivity (Wildman–Crippen MR) is 96.8 cm³/mol. The molecule has 6 heteroatoms. The van der Waals surface area contributed by atoms with E-state index in [1.165, 1.54) is 25.7 Å². The van der Waals surface area contributed by atoms with Gasteiger partial charge in [0.1, 0.15) is 0 Å². The molecule has 0 spiro atoms. The molecule has 24 heavy (non-hydrogen) atoms. The SMILES string of the molecule is CCc1cnc(C2CC2)c(Cl)n1.CCc1ncc(C2CC2)nc1Cl. The second-order valence-electron chi connectivity index (χ2n) is 6.33. The summed E-state index contributed by atoms with van der Waals surface area (Å²) < 4.78 is 0. The highest BCUT2D eigenvalue weighted by molar-refractivity contribution is 6.30. The van der Waals surface area contributed by atoms with Gasteiger partial charge >= 0.3 is 0 Å². The highest BCUT2D eigenvalue weighted by Crippen LogP contribution is 2.41. The lowest BCUT2D eigenvalue weighted by molar-refractivity contribution is 0.930. The van der Waals surface area contributed by atoms with Crippen molar-refractivity contribution in [2.75, 3.05) is 0 Å². The van der Waals surface area contributed by atoms with Gasteiger partial charge in [0.15, 0.2) is 10.3 Å². The summed E-state index contributed by atoms with van der Waals surface area (Å²) in [7, 11) is 0. The molecular formula is C18H22Cl2N4. The molecule has 0 radical (unpaired) electrons. The third-order valence-corrected chi connectivity index (χ3v) is 4.86. The zero-order chi connectivity index (χ0) is 17.1. The molecular weight excluding hydrogens is 343 g/mol. The molecule has 4 rings (SSSR count). The molecule has 128 valence electrons. The fraction of sp³-hybridized carbons (Fsp3) is 0.556. The molecule has 0 N–H and O–H groups in total. The Morgan fingerprint density at radius 2 is 1.58 bits per heavy atom. The standard InChI is InChI=1S/2C9H11ClN2/c1-2-7-9(10)12-8(5-11-7)6-3-4-6;1-2-7-5-11-8(6-3-4-6)9(10)12-7/h2*5-6H,2-4H2,1H3. The first-order valence-electron chi connectivity index (χ1n) is 8.65. The Morgan fingerprint density at radius 1 is 0.875 bits per heavy atom. The summed E-state index contributed by atoms with van der Waals surface area (Å²) in [5.41, 5.74) is 3.94. The van der Waals surface area contributed by atoms with E-state index in [-0.39, 0.29) is 0 Å². The lowest BCUT2D eigenvalue weighted by Gasteiger charge is -2.01. The van der Waals surface area contributed by atoms with Crippen molar-refractivity contribution in [2.45, 2.75) is 64.2 Å². The van der Waals surface area contributed by atoms with Crippen LogP contribution in [-0.4, -0.2) is 19.9 Å². The quantitative estimate of drug-likeness (QED) is 0.753. The fourth-order valence-corrected chi connectivity index (χ4v) is 3.02. The van der Waals surface area contributed by atoms with Crippen LogP contribution < -0.4 is 0 Å². The molecule has 2 aromatic heterocycles. The summed E-state index contributed by atoms with van der Waals surface area (Å²) in [6, 6.07) is 0. The van der Waals surface area contributed by atoms with Crippen molar-refractivity contribution in [1.29, 1.82) is 0 Å². The van der Waals surface area contributed by atoms with Gasteiger partial charge < -0.3 is 0 Å². The van der Waals surface area contributed by atoms with Crippen LogP contribution in [0.1, 0.15) is 74.1 Å². The van der Waals surface area contributed by atoms with Gasteiger partial charge in [-0.05, 0) is 38.5 Å². The van der Waals surface area contributed by atoms with Crippen LogP contribution in [0.4, 0.5) is 0 Å². The fourth-order valence-electron chi connectivity index (χ4n) is 2.43. The summed E-state index contributed by atoms with van der Waals surface area (Å²) in [6.45, 7) is 4.09. The van der Waals surface area contributed by atoms with E-state index in [4.69, 9.17) is 23.2 Å². The van der Waals surface area contributed by atoms with E-state index >= 15 is 0 Å². The van der Waals surface area contributed by atoms with Crippen LogP contribution in [0.5, 0.6) is 0 Å². The maximum absolute atomic E-state index is 5.97. The van der Waals surface area contributed by atoms with Crippen molar-refractivity contribution in [3.8, 4) is 0 Å². The molecule has 0 saturated heterocycles. The monoisotopic (exact) mass is 364 g/mol. The molecule has 0 aromatic carbocycles. The Hall–Kier alpha value is -1.26. The van der Waals surface area contributed by atoms with Crippen LogP contribution in [0.2, 0.25) is 10.3 Å². The van der Waals surface area contributed by atoms with E-state index in [1.807, 2.05) is 19.3 Å². The Morgan fingerprint density at radius 3 is 2.08 bits per heavy atom. The molecule has 4 nitrogen and oxygen atoms in total. The normalized spacial score (nSPS) is 16.5. The zero-order valence-electron chi connectivity index (χ0n) is 14.1. The maximum Gasteiger partial charge on any atom is 0.151 e. The first-order chi connectivity index (χ1) is 11.6. The lowest BCUT2D eigenvalue weighted by Crippen LogP contribution is -1.95. The Kier molecular flexibility index (Phi) is 5.67. The van der Waals surface area contributed by atoms with Gasteiger partial charge in [0.2, 0.25) is 0 Å². The van der Waals surface area contributed by atoms with Gasteiger partial charge in [0.25, 0.3) is 0 Å². The smallest absolute Gasteiger partial charge is 0.151 e. The van der Waals surface area contributed by atoms with E-state index in [2.05, 4.69) is 26.9 Å². The van der Waals surface area contributed by atoms with E-state index in [0.717, 1.165) is 35.6 Å². The highest BCUT2D eigenvalue weighted by Gasteiger charge is 2.28. The highest BCUT2D eigenvalue weighted by atomic mass is 35.5. The largest absolute Gasteiger partial charge is 0.256 e. The third-order valence-electron chi connectivity index (χ3n) is 4.28. The minimum atomic E-state index is 0.585. The number of aryl methyl sites for hydroxylation is 2. The number of hydrogen-bond donors (Lipinski definition) is 0. The molecule has 2 aliphatic carbocycles. The second-order valence-corrected chi connectivity index (χ2v) is 7.04. The summed E-state index contributed by atoms with van der Waals surface area (Å²) >= 11 is 11.9. The van der Waals surface area contributed by atoms with Gasteiger partial charge in [-0.15, -0.1) is 0 Å². The molecule has 0 atom stereocenters. The molecule has 0 aliphatic heterocycles. The minimum Gasteiger partial charge on any atom is -0.256 e. The Labute approximate surface area is 153 Å². The first kappa shape index (κ1) is 17.6. The van der Waals surface area contributed by atoms with Gasteiger partial charge in [-0.1, -0.05) is 37.0 Å². The van der Waals surface area contributed by atoms with E-state index in [1.54, 1.807) is 0 Å². The molecule has 2 aliphatic rings. The first-order valence-corrected chi connectivity index (χ1v) is 9.40. The van der Waals surface area contributed by atoms with Crippen molar-refractivity contribution in [3.63, 3.8) is 0 Å². The van der Waals surface area contributed by atoms with Crippen LogP contribution in [0.25, 0.3) is 0 Å². The average molecular weight is 365 g/mol. The Bertz CT molecular complexity index is 712. The van der Waals surface area contributed by atoms with Gasteiger partial charge in [0, 0.05) is 24.2 Å². The van der Waals surface area contributed by atoms with Gasteiger partial charge in [0.05, 0.1) is 22.8 Å². The summed E-state index contributed by atoms with van der Waals surface area (Å²) in [5, 5.41) is 1.19. The number of halogens is 2. The predicted octanol–water partition coefficient (Wildman–Crippen LogP) is 5.14. The summed E-state index contributed by atoms with van der Waals surface area (Å²) in [5.74, 6) is 1.23. The van der Waals surface area contributed by atoms with Crippen molar-refractivity contribution >= 4 is 23.2 Å². The van der Waals surface area contributed by atoms with Crippen molar-refractivity contribution in [3.05, 3.63) is 45.5 Å². The van der Waals surface area contributed by atoms with Crippen molar-refractivity contribution in [1.82, 2.24) is 19.9 Å². The van der Waals surface area contributed by atoms with Crippen molar-refractivity contribution in [2.24, 2.45) is 0 Å². The van der Waals surface area contributed by atoms with Crippen LogP contribution >= 0.6 is 23.2 Å². The van der Waals surface area contributed by atoms with E-state index in [9.17, 15) is 0 Å². The second kappa shape index (κ2) is 7.75. The third kappa shape index (κ3) is 4.42. The van der Waals surface area contributed by atoms with Gasteiger partial charge in [-0.25, -0.2) is 9.97 Å². The zero-order valence-corrected chi connectivity index (χ0v) is 15.6. The minimum absolute atomic E-state index is 0.585. The molecule has 2 fully saturated rings. The van der Waals surface area contributed by atoms with Crippen LogP contribution in [0, 0.1) is 0 Å². The summed E-state index contributed by atoms with van der Waals surface area (Å²) in [6.07, 6.45) is 10.4. The number of hydrogen-bond acceptors (Lipinski definition) is 4. The number of aromatic nitrogens is 4. The number of nitrogens with zero attached hydrogens (tertiary/aromatic N) is 4. The average Bonchev–Trinajstić information content (AvgIpc) is 3.48. The van der Waals surface area contributed by atoms with Crippen LogP contribution in [0.3, 0.4) is 0 Å². The maximum atomic E-state index is 5.97. The van der Waals surface area contributed by atoms with Gasteiger partial charge in [-0.2, -0.15) is 0 Å². The molecule has 2 aromatic rings. The molecule has 0 bridgehead atoms. The van der Waals surface area contributed by atoms with Crippen molar-refractivity contribution < 1.29 is 0 Å². The number of rotatable bonds is 4.